The number of halogens is 1. The largest absolute Gasteiger partial charge is 0.352 e. The van der Waals surface area contributed by atoms with E-state index in [1.54, 1.807) is 6.33 Å². The van der Waals surface area contributed by atoms with Crippen molar-refractivity contribution >= 4 is 44.9 Å². The van der Waals surface area contributed by atoms with Gasteiger partial charge in [0.2, 0.25) is 0 Å². The van der Waals surface area contributed by atoms with E-state index in [2.05, 4.69) is 21.5 Å². The smallest absolute Gasteiger partial charge is 0.117 e. The molecule has 4 rings (SSSR count). The Morgan fingerprint density at radius 1 is 1.13 bits per heavy atom. The summed E-state index contributed by atoms with van der Waals surface area (Å²) >= 11 is 6.09. The summed E-state index contributed by atoms with van der Waals surface area (Å²) in [6.07, 6.45) is 3.62. The van der Waals surface area contributed by atoms with Crippen molar-refractivity contribution in [2.24, 2.45) is 7.05 Å². The Morgan fingerprint density at radius 2 is 2.00 bits per heavy atom. The van der Waals surface area contributed by atoms with Crippen LogP contribution in [0.1, 0.15) is 5.82 Å². The standard InChI is InChI=1S/C17H14ClN5/c1-10-21-15-11(8-23(10)2)6-14-16(20-9-19-14)17(15)22-13-5-3-4-12(18)7-13/h3-9,22H,1-2H3. The highest BCUT2D eigenvalue weighted by Crippen LogP contribution is 2.32. The van der Waals surface area contributed by atoms with E-state index in [9.17, 15) is 0 Å². The highest BCUT2D eigenvalue weighted by Gasteiger charge is 2.13. The Labute approximate surface area is 138 Å². The summed E-state index contributed by atoms with van der Waals surface area (Å²) in [5.41, 5.74) is 4.25. The number of anilines is 2. The molecule has 0 aliphatic heterocycles. The molecule has 2 aromatic heterocycles. The van der Waals surface area contributed by atoms with E-state index in [1.807, 2.05) is 48.9 Å². The number of hydrogen-bond donors (Lipinski definition) is 1. The van der Waals surface area contributed by atoms with Crippen LogP contribution in [0.25, 0.3) is 21.9 Å². The van der Waals surface area contributed by atoms with Crippen LogP contribution in [0.15, 0.2) is 42.9 Å². The molecule has 0 atom stereocenters. The summed E-state index contributed by atoms with van der Waals surface area (Å²) in [5.74, 6) is 0.922. The van der Waals surface area contributed by atoms with Crippen LogP contribution in [0.5, 0.6) is 0 Å². The van der Waals surface area contributed by atoms with Gasteiger partial charge in [-0.15, -0.1) is 0 Å². The van der Waals surface area contributed by atoms with Crippen molar-refractivity contribution in [3.63, 3.8) is 0 Å². The minimum absolute atomic E-state index is 0.676. The first-order valence-electron chi connectivity index (χ1n) is 7.22. The Morgan fingerprint density at radius 3 is 2.83 bits per heavy atom. The highest BCUT2D eigenvalue weighted by atomic mass is 35.5. The second-order valence-electron chi connectivity index (χ2n) is 5.47. The van der Waals surface area contributed by atoms with Crippen LogP contribution in [-0.2, 0) is 7.05 Å². The van der Waals surface area contributed by atoms with Crippen LogP contribution < -0.4 is 5.32 Å². The van der Waals surface area contributed by atoms with Gasteiger partial charge in [-0.25, -0.2) is 15.0 Å². The van der Waals surface area contributed by atoms with Crippen LogP contribution in [-0.4, -0.2) is 19.5 Å². The molecule has 0 fully saturated rings. The summed E-state index contributed by atoms with van der Waals surface area (Å²) in [6.45, 7) is 1.98. The van der Waals surface area contributed by atoms with Crippen LogP contribution in [0.3, 0.4) is 0 Å². The number of rotatable bonds is 2. The predicted molar refractivity (Wildman–Crippen MR) is 93.3 cm³/mol. The van der Waals surface area contributed by atoms with Crippen molar-refractivity contribution in [1.29, 1.82) is 0 Å². The van der Waals surface area contributed by atoms with Gasteiger partial charge in [-0.2, -0.15) is 0 Å². The zero-order chi connectivity index (χ0) is 16.0. The van der Waals surface area contributed by atoms with Crippen LogP contribution in [0.2, 0.25) is 5.02 Å². The number of aromatic nitrogens is 4. The quantitative estimate of drug-likeness (QED) is 0.600. The summed E-state index contributed by atoms with van der Waals surface area (Å²) in [4.78, 5) is 13.4. The molecule has 23 heavy (non-hydrogen) atoms. The SMILES string of the molecule is Cc1nc2c(Nc3cccc(Cl)c3)c3ncnc3cc2cn1C. The van der Waals surface area contributed by atoms with E-state index in [4.69, 9.17) is 16.6 Å². The number of nitrogens with zero attached hydrogens (tertiary/aromatic N) is 4. The van der Waals surface area contributed by atoms with Gasteiger partial charge in [-0.1, -0.05) is 17.7 Å². The van der Waals surface area contributed by atoms with Crippen LogP contribution in [0.4, 0.5) is 11.4 Å². The van der Waals surface area contributed by atoms with Gasteiger partial charge >= 0.3 is 0 Å². The molecule has 2 heterocycles. The Hall–Kier alpha value is -2.66. The zero-order valence-electron chi connectivity index (χ0n) is 12.7. The first kappa shape index (κ1) is 14.0. The molecular formula is C17H14ClN5. The monoisotopic (exact) mass is 323 g/mol. The minimum Gasteiger partial charge on any atom is -0.352 e. The molecule has 0 radical (unpaired) electrons. The topological polar surface area (TPSA) is 55.6 Å². The normalized spacial score (nSPS) is 11.3. The lowest BCUT2D eigenvalue weighted by Crippen LogP contribution is -2.02. The third-order valence-electron chi connectivity index (χ3n) is 3.88. The Balaban J connectivity index is 2.00. The molecule has 0 amide bonds. The second-order valence-corrected chi connectivity index (χ2v) is 5.90. The van der Waals surface area contributed by atoms with E-state index < -0.39 is 0 Å². The number of fused-ring (bicyclic) bond motifs is 2. The minimum atomic E-state index is 0.676. The van der Waals surface area contributed by atoms with E-state index in [1.165, 1.54) is 0 Å². The van der Waals surface area contributed by atoms with Gasteiger partial charge in [0.05, 0.1) is 16.7 Å². The van der Waals surface area contributed by atoms with Crippen LogP contribution in [0, 0.1) is 6.92 Å². The molecule has 2 aromatic carbocycles. The van der Waals surface area contributed by atoms with Gasteiger partial charge in [0, 0.05) is 29.3 Å². The van der Waals surface area contributed by atoms with Crippen molar-refractivity contribution in [1.82, 2.24) is 19.5 Å². The number of benzene rings is 2. The predicted octanol–water partition coefficient (Wildman–Crippen LogP) is 4.22. The summed E-state index contributed by atoms with van der Waals surface area (Å²) in [5, 5.41) is 5.09. The lowest BCUT2D eigenvalue weighted by atomic mass is 10.1. The fraction of sp³-hybridized carbons (Fsp3) is 0.118. The third kappa shape index (κ3) is 2.39. The molecule has 0 aliphatic rings. The molecular weight excluding hydrogens is 310 g/mol. The van der Waals surface area contributed by atoms with Gasteiger partial charge in [-0.3, -0.25) is 0 Å². The maximum absolute atomic E-state index is 6.09. The fourth-order valence-corrected chi connectivity index (χ4v) is 2.83. The lowest BCUT2D eigenvalue weighted by Gasteiger charge is -2.13. The molecule has 114 valence electrons. The highest BCUT2D eigenvalue weighted by molar-refractivity contribution is 6.30. The number of aryl methyl sites for hydroxylation is 2. The maximum atomic E-state index is 6.09. The van der Waals surface area contributed by atoms with E-state index in [0.717, 1.165) is 39.1 Å². The second kappa shape index (κ2) is 5.21. The van der Waals surface area contributed by atoms with Crippen LogP contribution >= 0.6 is 11.6 Å². The van der Waals surface area contributed by atoms with Crippen molar-refractivity contribution < 1.29 is 0 Å². The zero-order valence-corrected chi connectivity index (χ0v) is 13.5. The third-order valence-corrected chi connectivity index (χ3v) is 4.11. The van der Waals surface area contributed by atoms with Gasteiger partial charge < -0.3 is 9.88 Å². The molecule has 1 N–H and O–H groups in total. The summed E-state index contributed by atoms with van der Waals surface area (Å²) in [7, 11) is 1.98. The molecule has 5 nitrogen and oxygen atoms in total. The van der Waals surface area contributed by atoms with Gasteiger partial charge in [0.1, 0.15) is 17.7 Å². The average Bonchev–Trinajstić information content (AvgIpc) is 2.97. The van der Waals surface area contributed by atoms with Crippen molar-refractivity contribution in [2.45, 2.75) is 6.92 Å². The first-order valence-corrected chi connectivity index (χ1v) is 7.59. The molecule has 6 heteroatoms. The molecule has 0 aliphatic carbocycles. The molecule has 0 unspecified atom stereocenters. The maximum Gasteiger partial charge on any atom is 0.117 e. The molecule has 4 aromatic rings. The number of hydrogen-bond acceptors (Lipinski definition) is 4. The average molecular weight is 324 g/mol. The molecule has 0 saturated heterocycles. The van der Waals surface area contributed by atoms with Crippen molar-refractivity contribution in [3.05, 3.63) is 53.7 Å². The molecule has 0 spiro atoms. The van der Waals surface area contributed by atoms with Gasteiger partial charge in [0.15, 0.2) is 0 Å². The van der Waals surface area contributed by atoms with Crippen molar-refractivity contribution in [2.75, 3.05) is 5.32 Å². The Bertz CT molecular complexity index is 1040. The molecule has 0 saturated carbocycles. The fourth-order valence-electron chi connectivity index (χ4n) is 2.64. The van der Waals surface area contributed by atoms with Gasteiger partial charge in [0.25, 0.3) is 0 Å². The number of imidazole rings is 1. The lowest BCUT2D eigenvalue weighted by molar-refractivity contribution is 0.824. The molecule has 0 bridgehead atoms. The van der Waals surface area contributed by atoms with Crippen molar-refractivity contribution in [3.8, 4) is 0 Å². The number of nitrogens with one attached hydrogen (secondary N) is 1. The first-order chi connectivity index (χ1) is 11.1. The van der Waals surface area contributed by atoms with E-state index in [-0.39, 0.29) is 0 Å². The Kier molecular flexibility index (Phi) is 3.16. The van der Waals surface area contributed by atoms with E-state index in [0.29, 0.717) is 5.02 Å². The summed E-state index contributed by atoms with van der Waals surface area (Å²) < 4.78 is 1.99. The summed E-state index contributed by atoms with van der Waals surface area (Å²) in [6, 6.07) is 9.59. The van der Waals surface area contributed by atoms with Gasteiger partial charge in [-0.05, 0) is 31.2 Å². The van der Waals surface area contributed by atoms with E-state index >= 15 is 0 Å².